The highest BCUT2D eigenvalue weighted by atomic mass is 35.5. The molecule has 2 aromatic rings. The Hall–Kier alpha value is -1.89. The number of benzene rings is 2. The number of nitrogens with zero attached hydrogens (tertiary/aromatic N) is 1. The molecule has 0 saturated carbocycles. The van der Waals surface area contributed by atoms with Crippen molar-refractivity contribution in [2.45, 2.75) is 4.90 Å². The van der Waals surface area contributed by atoms with Crippen LogP contribution in [0, 0.1) is 0 Å². The first-order chi connectivity index (χ1) is 9.79. The van der Waals surface area contributed by atoms with Crippen LogP contribution in [-0.2, 0) is 10.0 Å². The molecular formula is C14H13ClN2O3S. The number of rotatable bonds is 3. The van der Waals surface area contributed by atoms with Crippen molar-refractivity contribution < 1.29 is 13.2 Å². The quantitative estimate of drug-likeness (QED) is 0.940. The normalized spacial score (nSPS) is 11.2. The number of carbonyl (C=O) groups excluding carboxylic acids is 1. The molecule has 0 heterocycles. The van der Waals surface area contributed by atoms with Crippen LogP contribution >= 0.6 is 11.6 Å². The van der Waals surface area contributed by atoms with Crippen LogP contribution in [0.5, 0.6) is 0 Å². The van der Waals surface area contributed by atoms with Crippen LogP contribution in [0.4, 0.5) is 5.69 Å². The van der Waals surface area contributed by atoms with E-state index < -0.39 is 10.0 Å². The van der Waals surface area contributed by atoms with Crippen LogP contribution in [0.2, 0.25) is 5.02 Å². The molecule has 2 rings (SSSR count). The van der Waals surface area contributed by atoms with Crippen molar-refractivity contribution in [2.24, 2.45) is 5.14 Å². The predicted molar refractivity (Wildman–Crippen MR) is 82.0 cm³/mol. The maximum Gasteiger partial charge on any atom is 0.258 e. The first-order valence-electron chi connectivity index (χ1n) is 5.95. The average molecular weight is 325 g/mol. The molecule has 2 N–H and O–H groups in total. The van der Waals surface area contributed by atoms with Gasteiger partial charge in [-0.2, -0.15) is 0 Å². The van der Waals surface area contributed by atoms with E-state index in [0.29, 0.717) is 16.3 Å². The number of hydrogen-bond donors (Lipinski definition) is 1. The van der Waals surface area contributed by atoms with Crippen molar-refractivity contribution in [3.63, 3.8) is 0 Å². The van der Waals surface area contributed by atoms with Crippen molar-refractivity contribution in [2.75, 3.05) is 11.9 Å². The van der Waals surface area contributed by atoms with Gasteiger partial charge in [-0.1, -0.05) is 17.7 Å². The standard InChI is InChI=1S/C14H13ClN2O3S/c1-17(14(18)10-3-2-4-11(15)9-10)12-5-7-13(8-6-12)21(16,19)20/h2-9H,1H3,(H2,16,19,20). The van der Waals surface area contributed by atoms with Crippen LogP contribution in [0.15, 0.2) is 53.4 Å². The molecular weight excluding hydrogens is 312 g/mol. The summed E-state index contributed by atoms with van der Waals surface area (Å²) in [5, 5.41) is 5.50. The number of anilines is 1. The van der Waals surface area contributed by atoms with Crippen LogP contribution in [0.25, 0.3) is 0 Å². The minimum absolute atomic E-state index is 0.00476. The van der Waals surface area contributed by atoms with E-state index in [1.807, 2.05) is 0 Å². The summed E-state index contributed by atoms with van der Waals surface area (Å²) in [6, 6.07) is 12.3. The molecule has 0 aliphatic heterocycles. The predicted octanol–water partition coefficient (Wildman–Crippen LogP) is 2.26. The van der Waals surface area contributed by atoms with Crippen LogP contribution in [0.3, 0.4) is 0 Å². The largest absolute Gasteiger partial charge is 0.311 e. The number of halogens is 1. The highest BCUT2D eigenvalue weighted by Crippen LogP contribution is 2.19. The smallest absolute Gasteiger partial charge is 0.258 e. The second kappa shape index (κ2) is 5.85. The molecule has 0 unspecified atom stereocenters. The third-order valence-electron chi connectivity index (χ3n) is 2.93. The Balaban J connectivity index is 2.28. The van der Waals surface area contributed by atoms with Crippen molar-refractivity contribution in [1.82, 2.24) is 0 Å². The SMILES string of the molecule is CN(C(=O)c1cccc(Cl)c1)c1ccc(S(N)(=O)=O)cc1. The maximum absolute atomic E-state index is 12.3. The Bertz CT molecular complexity index is 773. The fourth-order valence-electron chi connectivity index (χ4n) is 1.79. The maximum atomic E-state index is 12.3. The van der Waals surface area contributed by atoms with Gasteiger partial charge in [0.05, 0.1) is 4.90 Å². The molecule has 2 aromatic carbocycles. The lowest BCUT2D eigenvalue weighted by Crippen LogP contribution is -2.26. The zero-order chi connectivity index (χ0) is 15.6. The second-order valence-corrected chi connectivity index (χ2v) is 6.41. The minimum atomic E-state index is -3.74. The number of hydrogen-bond acceptors (Lipinski definition) is 3. The van der Waals surface area contributed by atoms with E-state index in [4.69, 9.17) is 16.7 Å². The first kappa shape index (κ1) is 15.5. The lowest BCUT2D eigenvalue weighted by molar-refractivity contribution is 0.0993. The van der Waals surface area contributed by atoms with Crippen molar-refractivity contribution >= 4 is 33.2 Å². The molecule has 110 valence electrons. The Morgan fingerprint density at radius 3 is 2.29 bits per heavy atom. The number of amides is 1. The fraction of sp³-hybridized carbons (Fsp3) is 0.0714. The number of sulfonamides is 1. The third kappa shape index (κ3) is 3.60. The van der Waals surface area contributed by atoms with E-state index in [-0.39, 0.29) is 10.8 Å². The molecule has 0 saturated heterocycles. The van der Waals surface area contributed by atoms with Gasteiger partial charge in [-0.3, -0.25) is 4.79 Å². The molecule has 5 nitrogen and oxygen atoms in total. The van der Waals surface area contributed by atoms with Gasteiger partial charge in [0, 0.05) is 23.3 Å². The van der Waals surface area contributed by atoms with Crippen LogP contribution in [-0.4, -0.2) is 21.4 Å². The van der Waals surface area contributed by atoms with Gasteiger partial charge in [0.1, 0.15) is 0 Å². The van der Waals surface area contributed by atoms with E-state index >= 15 is 0 Å². The lowest BCUT2D eigenvalue weighted by atomic mass is 10.2. The second-order valence-electron chi connectivity index (χ2n) is 4.41. The third-order valence-corrected chi connectivity index (χ3v) is 4.09. The first-order valence-corrected chi connectivity index (χ1v) is 7.88. The topological polar surface area (TPSA) is 80.5 Å². The summed E-state index contributed by atoms with van der Waals surface area (Å²) in [5.74, 6) is -0.249. The van der Waals surface area contributed by atoms with Crippen molar-refractivity contribution in [3.05, 3.63) is 59.1 Å². The highest BCUT2D eigenvalue weighted by Gasteiger charge is 2.15. The van der Waals surface area contributed by atoms with Gasteiger partial charge >= 0.3 is 0 Å². The molecule has 0 radical (unpaired) electrons. The Kier molecular flexibility index (Phi) is 4.32. The monoisotopic (exact) mass is 324 g/mol. The van der Waals surface area contributed by atoms with E-state index in [1.54, 1.807) is 31.3 Å². The summed E-state index contributed by atoms with van der Waals surface area (Å²) >= 11 is 5.86. The number of nitrogens with two attached hydrogens (primary N) is 1. The molecule has 21 heavy (non-hydrogen) atoms. The van der Waals surface area contributed by atoms with E-state index in [0.717, 1.165) is 0 Å². The fourth-order valence-corrected chi connectivity index (χ4v) is 2.50. The van der Waals surface area contributed by atoms with Crippen LogP contribution < -0.4 is 10.0 Å². The summed E-state index contributed by atoms with van der Waals surface area (Å²) < 4.78 is 22.4. The number of primary sulfonamides is 1. The van der Waals surface area contributed by atoms with Gasteiger partial charge in [0.2, 0.25) is 10.0 Å². The molecule has 0 bridgehead atoms. The van der Waals surface area contributed by atoms with Gasteiger partial charge in [-0.05, 0) is 42.5 Å². The Morgan fingerprint density at radius 1 is 1.14 bits per heavy atom. The summed E-state index contributed by atoms with van der Waals surface area (Å²) in [6.07, 6.45) is 0. The van der Waals surface area contributed by atoms with Gasteiger partial charge in [-0.25, -0.2) is 13.6 Å². The molecule has 7 heteroatoms. The average Bonchev–Trinajstić information content (AvgIpc) is 2.45. The zero-order valence-corrected chi connectivity index (χ0v) is 12.7. The zero-order valence-electron chi connectivity index (χ0n) is 11.2. The minimum Gasteiger partial charge on any atom is -0.311 e. The summed E-state index contributed by atoms with van der Waals surface area (Å²) in [5.41, 5.74) is 0.993. The molecule has 0 atom stereocenters. The van der Waals surface area contributed by atoms with Crippen molar-refractivity contribution in [3.8, 4) is 0 Å². The molecule has 0 aromatic heterocycles. The van der Waals surface area contributed by atoms with Crippen LogP contribution in [0.1, 0.15) is 10.4 Å². The number of carbonyl (C=O) groups is 1. The lowest BCUT2D eigenvalue weighted by Gasteiger charge is -2.17. The van der Waals surface area contributed by atoms with E-state index in [1.165, 1.54) is 29.2 Å². The van der Waals surface area contributed by atoms with E-state index in [2.05, 4.69) is 0 Å². The Morgan fingerprint density at radius 2 is 1.76 bits per heavy atom. The summed E-state index contributed by atoms with van der Waals surface area (Å²) in [6.45, 7) is 0. The summed E-state index contributed by atoms with van der Waals surface area (Å²) in [4.78, 5) is 13.7. The molecule has 0 fully saturated rings. The van der Waals surface area contributed by atoms with Crippen molar-refractivity contribution in [1.29, 1.82) is 0 Å². The summed E-state index contributed by atoms with van der Waals surface area (Å²) in [7, 11) is -2.15. The molecule has 1 amide bonds. The van der Waals surface area contributed by atoms with Gasteiger partial charge in [0.25, 0.3) is 5.91 Å². The van der Waals surface area contributed by atoms with Gasteiger partial charge in [0.15, 0.2) is 0 Å². The van der Waals surface area contributed by atoms with E-state index in [9.17, 15) is 13.2 Å². The Labute approximate surface area is 128 Å². The highest BCUT2D eigenvalue weighted by molar-refractivity contribution is 7.89. The molecule has 0 aliphatic carbocycles. The molecule has 0 aliphatic rings. The molecule has 0 spiro atoms. The van der Waals surface area contributed by atoms with Gasteiger partial charge < -0.3 is 4.90 Å². The van der Waals surface area contributed by atoms with Gasteiger partial charge in [-0.15, -0.1) is 0 Å².